The molecule has 40 heavy (non-hydrogen) atoms. The molecular formula is C28H35F2N7O3. The molecule has 0 fully saturated rings. The fourth-order valence-corrected chi connectivity index (χ4v) is 4.24. The third kappa shape index (κ3) is 8.27. The van der Waals surface area contributed by atoms with Gasteiger partial charge in [0.05, 0.1) is 24.1 Å². The van der Waals surface area contributed by atoms with Crippen molar-refractivity contribution in [1.29, 1.82) is 0 Å². The van der Waals surface area contributed by atoms with Crippen molar-refractivity contribution < 1.29 is 22.6 Å². The highest BCUT2D eigenvalue weighted by molar-refractivity contribution is 6.08. The number of hydrogen-bond acceptors (Lipinski definition) is 10. The van der Waals surface area contributed by atoms with Crippen LogP contribution in [0.2, 0.25) is 0 Å². The van der Waals surface area contributed by atoms with E-state index in [0.29, 0.717) is 61.0 Å². The first-order chi connectivity index (χ1) is 19.4. The lowest BCUT2D eigenvalue weighted by molar-refractivity contribution is 0.283. The predicted octanol–water partition coefficient (Wildman–Crippen LogP) is 5.46. The van der Waals surface area contributed by atoms with Crippen molar-refractivity contribution in [3.8, 4) is 17.1 Å². The first-order valence-corrected chi connectivity index (χ1v) is 13.7. The maximum absolute atomic E-state index is 14.6. The molecule has 1 aliphatic rings. The maximum Gasteiger partial charge on any atom is 0.227 e. The van der Waals surface area contributed by atoms with Crippen LogP contribution in [0.1, 0.15) is 64.1 Å². The summed E-state index contributed by atoms with van der Waals surface area (Å²) in [5.41, 5.74) is 0.354. The second-order valence-electron chi connectivity index (χ2n) is 10.0. The van der Waals surface area contributed by atoms with Gasteiger partial charge >= 0.3 is 0 Å². The van der Waals surface area contributed by atoms with Gasteiger partial charge in [-0.3, -0.25) is 4.99 Å². The molecule has 0 bridgehead atoms. The van der Waals surface area contributed by atoms with E-state index in [1.54, 1.807) is 18.8 Å². The van der Waals surface area contributed by atoms with Crippen LogP contribution in [-0.2, 0) is 12.8 Å². The van der Waals surface area contributed by atoms with Crippen molar-refractivity contribution in [2.45, 2.75) is 59.3 Å². The van der Waals surface area contributed by atoms with E-state index in [1.807, 2.05) is 6.92 Å². The topological polar surface area (TPSA) is 124 Å². The molecule has 0 aliphatic carbocycles. The van der Waals surface area contributed by atoms with E-state index in [2.05, 4.69) is 49.4 Å². The number of nitrogens with one attached hydrogen (secondary N) is 1. The average molecular weight is 556 g/mol. The molecule has 0 radical (unpaired) electrons. The lowest BCUT2D eigenvalue weighted by Crippen LogP contribution is -2.18. The van der Waals surface area contributed by atoms with Gasteiger partial charge in [-0.05, 0) is 37.5 Å². The molecule has 12 heteroatoms. The summed E-state index contributed by atoms with van der Waals surface area (Å²) in [6.07, 6.45) is 9.66. The molecule has 3 aromatic rings. The highest BCUT2D eigenvalue weighted by Gasteiger charge is 2.19. The molecule has 1 aliphatic heterocycles. The summed E-state index contributed by atoms with van der Waals surface area (Å²) >= 11 is 0. The van der Waals surface area contributed by atoms with Crippen molar-refractivity contribution in [3.05, 3.63) is 47.6 Å². The van der Waals surface area contributed by atoms with Gasteiger partial charge < -0.3 is 19.1 Å². The Morgan fingerprint density at radius 1 is 1.05 bits per heavy atom. The fourth-order valence-electron chi connectivity index (χ4n) is 4.24. The third-order valence-corrected chi connectivity index (χ3v) is 6.32. The maximum atomic E-state index is 14.6. The molecule has 0 saturated carbocycles. The Labute approximate surface area is 232 Å². The minimum atomic E-state index is -0.797. The zero-order valence-electron chi connectivity index (χ0n) is 23.1. The number of allylic oxidation sites excluding steroid dienone is 1. The highest BCUT2D eigenvalue weighted by atomic mass is 19.1. The van der Waals surface area contributed by atoms with Crippen molar-refractivity contribution in [1.82, 2.24) is 25.6 Å². The fraction of sp³-hybridized carbons (Fsp3) is 0.500. The Kier molecular flexibility index (Phi) is 10.5. The number of ether oxygens (including phenoxy) is 1. The number of benzene rings is 1. The van der Waals surface area contributed by atoms with Crippen molar-refractivity contribution in [2.75, 3.05) is 19.7 Å². The van der Waals surface area contributed by atoms with Gasteiger partial charge in [-0.15, -0.1) is 0 Å². The van der Waals surface area contributed by atoms with Gasteiger partial charge in [0.2, 0.25) is 23.4 Å². The van der Waals surface area contributed by atoms with E-state index in [0.717, 1.165) is 44.4 Å². The van der Waals surface area contributed by atoms with Gasteiger partial charge in [0.25, 0.3) is 0 Å². The highest BCUT2D eigenvalue weighted by Crippen LogP contribution is 2.28. The molecule has 10 nitrogen and oxygen atoms in total. The number of halogens is 2. The molecule has 0 saturated heterocycles. The number of aliphatic imine (C=N–C) groups is 2. The van der Waals surface area contributed by atoms with Gasteiger partial charge in [0.15, 0.2) is 0 Å². The zero-order valence-corrected chi connectivity index (χ0v) is 23.1. The van der Waals surface area contributed by atoms with Crippen molar-refractivity contribution in [2.24, 2.45) is 21.8 Å². The summed E-state index contributed by atoms with van der Waals surface area (Å²) in [7, 11) is 0. The van der Waals surface area contributed by atoms with Crippen LogP contribution >= 0.6 is 0 Å². The number of aromatic nitrogens is 4. The number of aryl methyl sites for hydroxylation is 1. The van der Waals surface area contributed by atoms with E-state index < -0.39 is 11.6 Å². The molecule has 1 unspecified atom stereocenters. The molecule has 1 aromatic carbocycles. The molecule has 4 rings (SSSR count). The largest absolute Gasteiger partial charge is 0.493 e. The standard InChI is InChI=1S/C28H35F2N7O3/c1-4-24-34-28(37-39-24)26-22(29)13-21(14-23(26)30)38-11-5-6-19-7-9-31-15-20(16-33-17-32-10-8-19)27-35-25(40-36-27)12-18(2)3/h13-19H,4-12H2,1-3H3,(H,32,33)/b20-16+,31-15-. The van der Waals surface area contributed by atoms with Gasteiger partial charge in [0, 0.05) is 50.5 Å². The Morgan fingerprint density at radius 3 is 2.55 bits per heavy atom. The third-order valence-electron chi connectivity index (χ3n) is 6.32. The van der Waals surface area contributed by atoms with Crippen LogP contribution in [0.5, 0.6) is 5.75 Å². The molecule has 0 spiro atoms. The monoisotopic (exact) mass is 555 g/mol. The summed E-state index contributed by atoms with van der Waals surface area (Å²) in [6.45, 7) is 7.73. The summed E-state index contributed by atoms with van der Waals surface area (Å²) in [5.74, 6) is 0.584. The lowest BCUT2D eigenvalue weighted by Gasteiger charge is -2.16. The number of nitrogens with zero attached hydrogens (tertiary/aromatic N) is 6. The Hall–Kier alpha value is -3.96. The number of hydrogen-bond donors (Lipinski definition) is 1. The van der Waals surface area contributed by atoms with E-state index >= 15 is 0 Å². The molecule has 1 atom stereocenters. The summed E-state index contributed by atoms with van der Waals surface area (Å²) in [4.78, 5) is 17.4. The summed E-state index contributed by atoms with van der Waals surface area (Å²) in [6, 6.07) is 2.30. The summed E-state index contributed by atoms with van der Waals surface area (Å²) in [5, 5.41) is 10.9. The SMILES string of the molecule is CCc1nc(-c2c(F)cc(OCCCC3CC\N=C/C(c4noc(CC(C)C)n4)=C\N=C\NCC3)cc2F)no1. The second-order valence-corrected chi connectivity index (χ2v) is 10.0. The zero-order chi connectivity index (χ0) is 28.3. The van der Waals surface area contributed by atoms with E-state index in [9.17, 15) is 8.78 Å². The Bertz CT molecular complexity index is 1310. The predicted molar refractivity (Wildman–Crippen MR) is 147 cm³/mol. The smallest absolute Gasteiger partial charge is 0.227 e. The number of rotatable bonds is 10. The minimum absolute atomic E-state index is 0.113. The normalized spacial score (nSPS) is 19.2. The summed E-state index contributed by atoms with van der Waals surface area (Å²) < 4.78 is 45.2. The Balaban J connectivity index is 1.28. The van der Waals surface area contributed by atoms with Crippen LogP contribution in [0.4, 0.5) is 8.78 Å². The van der Waals surface area contributed by atoms with Crippen LogP contribution in [-0.4, -0.2) is 52.5 Å². The first kappa shape index (κ1) is 29.0. The molecule has 2 aromatic heterocycles. The van der Waals surface area contributed by atoms with Crippen molar-refractivity contribution in [3.63, 3.8) is 0 Å². The molecular weight excluding hydrogens is 520 g/mol. The second kappa shape index (κ2) is 14.4. The first-order valence-electron chi connectivity index (χ1n) is 13.7. The van der Waals surface area contributed by atoms with Crippen molar-refractivity contribution >= 4 is 18.1 Å². The van der Waals surface area contributed by atoms with Crippen LogP contribution in [0.15, 0.2) is 37.4 Å². The van der Waals surface area contributed by atoms with Crippen LogP contribution in [0, 0.1) is 23.5 Å². The van der Waals surface area contributed by atoms with Gasteiger partial charge in [-0.2, -0.15) is 9.97 Å². The lowest BCUT2D eigenvalue weighted by atomic mass is 9.96. The van der Waals surface area contributed by atoms with E-state index in [-0.39, 0.29) is 17.1 Å². The molecule has 1 N–H and O–H groups in total. The minimum Gasteiger partial charge on any atom is -0.493 e. The van der Waals surface area contributed by atoms with Gasteiger partial charge in [-0.1, -0.05) is 31.1 Å². The van der Waals surface area contributed by atoms with Crippen LogP contribution < -0.4 is 10.1 Å². The van der Waals surface area contributed by atoms with Gasteiger partial charge in [0.1, 0.15) is 17.4 Å². The average Bonchev–Trinajstić information content (AvgIpc) is 3.57. The molecule has 214 valence electrons. The van der Waals surface area contributed by atoms with Crippen LogP contribution in [0.3, 0.4) is 0 Å². The van der Waals surface area contributed by atoms with Gasteiger partial charge in [-0.25, -0.2) is 13.8 Å². The molecule has 3 heterocycles. The van der Waals surface area contributed by atoms with Crippen LogP contribution in [0.25, 0.3) is 17.0 Å². The molecule has 0 amide bonds. The van der Waals surface area contributed by atoms with E-state index in [4.69, 9.17) is 13.8 Å². The quantitative estimate of drug-likeness (QED) is 0.327. The Morgan fingerprint density at radius 2 is 1.80 bits per heavy atom. The van der Waals surface area contributed by atoms with E-state index in [1.165, 1.54) is 0 Å².